The molecule has 5 nitrogen and oxygen atoms in total. The third kappa shape index (κ3) is 12.0. The standard InChI is InChI=1S/C53H52N2O2.C17H24O/c1-33-25-27-36(4)44(29-33)54-45(39-18-11-10-12-19-39)31-48-38(6)51-42-21-14-13-20-41(42)47(32-49(51)56-48)55(46-30-34(2)26-28-37(46)5)50-24-15-17-35(3)40-22-16-23-43(52(40)57-50)53(7,8)9;1-7-8-11-15-13(2)10-9-12-16(17(4,5)6)18-14(15)3/h10-29,31-32,34,54H,3,30H2,1-2,4-9H3;7-11,16H,2-3,12H2,1,4-6H3/b17-15-,45-31+,50-24-;8-7-,10-9-,15-11-. The first-order valence-electron chi connectivity index (χ1n) is 26.4. The molecule has 0 saturated heterocycles. The molecule has 1 aliphatic carbocycles. The molecule has 3 aliphatic rings. The number of nitrogens with zero attached hydrogens (tertiary/aromatic N) is 1. The van der Waals surface area contributed by atoms with Crippen molar-refractivity contribution in [3.63, 3.8) is 0 Å². The third-order valence-corrected chi connectivity index (χ3v) is 14.3. The second kappa shape index (κ2) is 22.4. The van der Waals surface area contributed by atoms with Gasteiger partial charge in [0.1, 0.15) is 29.0 Å². The number of anilines is 2. The summed E-state index contributed by atoms with van der Waals surface area (Å²) >= 11 is 0. The Morgan fingerprint density at radius 3 is 2.25 bits per heavy atom. The van der Waals surface area contributed by atoms with E-state index in [2.05, 4.69) is 252 Å². The summed E-state index contributed by atoms with van der Waals surface area (Å²) < 4.78 is 20.3. The maximum absolute atomic E-state index is 7.25. The molecule has 0 spiro atoms. The fraction of sp³-hybridized carbons (Fsp3) is 0.257. The van der Waals surface area contributed by atoms with E-state index in [0.29, 0.717) is 11.7 Å². The lowest BCUT2D eigenvalue weighted by Gasteiger charge is -2.35. The Bertz CT molecular complexity index is 3430. The Kier molecular flexibility index (Phi) is 16.0. The lowest BCUT2D eigenvalue weighted by atomic mass is 9.84. The van der Waals surface area contributed by atoms with Gasteiger partial charge in [-0.1, -0.05) is 208 Å². The van der Waals surface area contributed by atoms with Crippen molar-refractivity contribution in [3.05, 3.63) is 251 Å². The minimum absolute atomic E-state index is 0.0949. The highest BCUT2D eigenvalue weighted by molar-refractivity contribution is 6.14. The lowest BCUT2D eigenvalue weighted by Crippen LogP contribution is -2.29. The van der Waals surface area contributed by atoms with Crippen molar-refractivity contribution in [2.75, 3.05) is 10.2 Å². The van der Waals surface area contributed by atoms with E-state index in [-0.39, 0.29) is 16.9 Å². The van der Waals surface area contributed by atoms with Crippen LogP contribution in [0, 0.1) is 32.1 Å². The molecule has 5 heteroatoms. The number of aryl methyl sites for hydroxylation is 3. The molecule has 3 heterocycles. The first-order valence-corrected chi connectivity index (χ1v) is 26.4. The molecular weight excluding hydrogens is 917 g/mol. The van der Waals surface area contributed by atoms with Gasteiger partial charge in [0.15, 0.2) is 0 Å². The Balaban J connectivity index is 0.000000353. The predicted molar refractivity (Wildman–Crippen MR) is 322 cm³/mol. The molecule has 0 bridgehead atoms. The molecule has 9 rings (SSSR count). The van der Waals surface area contributed by atoms with Gasteiger partial charge in [-0.25, -0.2) is 0 Å². The Morgan fingerprint density at radius 1 is 0.800 bits per heavy atom. The third-order valence-electron chi connectivity index (χ3n) is 14.3. The molecule has 2 aliphatic heterocycles. The van der Waals surface area contributed by atoms with E-state index >= 15 is 0 Å². The molecule has 5 aromatic carbocycles. The average Bonchev–Trinajstić information content (AvgIpc) is 3.68. The van der Waals surface area contributed by atoms with Crippen molar-refractivity contribution in [1.29, 1.82) is 0 Å². The summed E-state index contributed by atoms with van der Waals surface area (Å²) in [6.07, 6.45) is 25.0. The molecule has 384 valence electrons. The molecule has 0 radical (unpaired) electrons. The van der Waals surface area contributed by atoms with Crippen molar-refractivity contribution >= 4 is 50.5 Å². The first-order chi connectivity index (χ1) is 35.7. The minimum atomic E-state index is -0.158. The van der Waals surface area contributed by atoms with Crippen LogP contribution in [0.4, 0.5) is 11.4 Å². The van der Waals surface area contributed by atoms with Gasteiger partial charge in [0.25, 0.3) is 0 Å². The van der Waals surface area contributed by atoms with Gasteiger partial charge in [0.2, 0.25) is 5.88 Å². The van der Waals surface area contributed by atoms with Crippen molar-refractivity contribution in [2.45, 2.75) is 107 Å². The quantitative estimate of drug-likeness (QED) is 0.165. The second-order valence-corrected chi connectivity index (χ2v) is 22.4. The number of para-hydroxylation sites is 1. The molecule has 75 heavy (non-hydrogen) atoms. The number of nitrogens with one attached hydrogen (secondary N) is 1. The molecule has 0 amide bonds. The molecular formula is C70H76N2O3. The Hall–Kier alpha value is -7.76. The maximum atomic E-state index is 7.25. The van der Waals surface area contributed by atoms with E-state index in [9.17, 15) is 0 Å². The van der Waals surface area contributed by atoms with E-state index in [0.717, 1.165) is 108 Å². The summed E-state index contributed by atoms with van der Waals surface area (Å²) in [5, 5.41) is 7.12. The lowest BCUT2D eigenvalue weighted by molar-refractivity contribution is 0.0339. The smallest absolute Gasteiger partial charge is 0.204 e. The van der Waals surface area contributed by atoms with Gasteiger partial charge >= 0.3 is 0 Å². The van der Waals surface area contributed by atoms with E-state index in [4.69, 9.17) is 13.9 Å². The highest BCUT2D eigenvalue weighted by Gasteiger charge is 2.31. The van der Waals surface area contributed by atoms with Gasteiger partial charge < -0.3 is 19.2 Å². The number of rotatable bonds is 8. The fourth-order valence-corrected chi connectivity index (χ4v) is 9.89. The van der Waals surface area contributed by atoms with E-state index < -0.39 is 0 Å². The summed E-state index contributed by atoms with van der Waals surface area (Å²) in [5.74, 6) is 3.44. The number of benzene rings is 5. The highest BCUT2D eigenvalue weighted by atomic mass is 16.5. The van der Waals surface area contributed by atoms with Crippen LogP contribution in [-0.4, -0.2) is 6.10 Å². The van der Waals surface area contributed by atoms with E-state index in [1.165, 1.54) is 22.4 Å². The molecule has 1 N–H and O–H groups in total. The highest BCUT2D eigenvalue weighted by Crippen LogP contribution is 2.46. The Morgan fingerprint density at radius 2 is 1.53 bits per heavy atom. The van der Waals surface area contributed by atoms with Gasteiger partial charge in [-0.3, -0.25) is 4.90 Å². The zero-order valence-corrected chi connectivity index (χ0v) is 46.5. The maximum Gasteiger partial charge on any atom is 0.204 e. The van der Waals surface area contributed by atoms with Crippen LogP contribution in [0.1, 0.15) is 114 Å². The first kappa shape index (κ1) is 53.5. The van der Waals surface area contributed by atoms with Crippen LogP contribution in [0.15, 0.2) is 216 Å². The number of furan rings is 1. The van der Waals surface area contributed by atoms with Crippen LogP contribution in [-0.2, 0) is 10.2 Å². The van der Waals surface area contributed by atoms with Crippen molar-refractivity contribution < 1.29 is 13.9 Å². The van der Waals surface area contributed by atoms with E-state index in [1.54, 1.807) is 0 Å². The summed E-state index contributed by atoms with van der Waals surface area (Å²) in [5.41, 5.74) is 15.7. The van der Waals surface area contributed by atoms with Crippen LogP contribution in [0.3, 0.4) is 0 Å². The van der Waals surface area contributed by atoms with Crippen LogP contribution in [0.5, 0.6) is 5.75 Å². The average molecular weight is 993 g/mol. The van der Waals surface area contributed by atoms with Crippen molar-refractivity contribution in [3.8, 4) is 5.75 Å². The Labute approximate surface area is 447 Å². The minimum Gasteiger partial charge on any atom is -0.490 e. The second-order valence-electron chi connectivity index (χ2n) is 22.4. The largest absolute Gasteiger partial charge is 0.490 e. The van der Waals surface area contributed by atoms with Crippen LogP contribution in [0.2, 0.25) is 0 Å². The van der Waals surface area contributed by atoms with Crippen LogP contribution >= 0.6 is 0 Å². The number of hydrogen-bond donors (Lipinski definition) is 1. The summed E-state index contributed by atoms with van der Waals surface area (Å²) in [7, 11) is 0. The van der Waals surface area contributed by atoms with Gasteiger partial charge in [-0.2, -0.15) is 0 Å². The summed E-state index contributed by atoms with van der Waals surface area (Å²) in [6, 6.07) is 34.3. The monoisotopic (exact) mass is 993 g/mol. The van der Waals surface area contributed by atoms with Crippen molar-refractivity contribution in [1.82, 2.24) is 0 Å². The molecule has 0 fully saturated rings. The number of hydrogen-bond acceptors (Lipinski definition) is 5. The number of ether oxygens (including phenoxy) is 2. The normalized spacial score (nSPS) is 19.5. The van der Waals surface area contributed by atoms with Crippen LogP contribution < -0.4 is 15.0 Å². The van der Waals surface area contributed by atoms with Crippen LogP contribution in [0.25, 0.3) is 39.1 Å². The molecule has 1 aromatic heterocycles. The van der Waals surface area contributed by atoms with Gasteiger partial charge in [-0.15, -0.1) is 0 Å². The molecule has 2 unspecified atom stereocenters. The zero-order chi connectivity index (χ0) is 53.8. The molecule has 2 atom stereocenters. The van der Waals surface area contributed by atoms with Gasteiger partial charge in [-0.05, 0) is 109 Å². The number of fused-ring (bicyclic) bond motifs is 4. The molecule has 6 aromatic rings. The van der Waals surface area contributed by atoms with Crippen molar-refractivity contribution in [2.24, 2.45) is 11.3 Å². The molecule has 0 saturated carbocycles. The number of allylic oxidation sites excluding steroid dienone is 13. The SMILES string of the molecule is C=C1/C=C\C=C(\N(C2=C(C)C=CC(C)C2)c2cc3oc(/C=C(/Nc4cc(C)ccc4C)c4ccccc4)c(C)c3c3ccccc23)Oc2c1cccc2C(C)(C)C.C=C1/C=C\CC(C(C)(C)C)OC(=C)/C1=C\C=C/C. The summed E-state index contributed by atoms with van der Waals surface area (Å²) in [6.45, 7) is 38.7. The topological polar surface area (TPSA) is 46.9 Å². The van der Waals surface area contributed by atoms with Gasteiger partial charge in [0.05, 0.1) is 5.69 Å². The zero-order valence-electron chi connectivity index (χ0n) is 46.5. The van der Waals surface area contributed by atoms with Gasteiger partial charge in [0, 0.05) is 68.7 Å². The fourth-order valence-electron chi connectivity index (χ4n) is 9.89. The predicted octanol–water partition coefficient (Wildman–Crippen LogP) is 19.5. The summed E-state index contributed by atoms with van der Waals surface area (Å²) in [4.78, 5) is 2.34. The van der Waals surface area contributed by atoms with E-state index in [1.807, 2.05) is 25.2 Å².